The quantitative estimate of drug-likeness (QED) is 0.885. The highest BCUT2D eigenvalue weighted by atomic mass is 35.5. The van der Waals surface area contributed by atoms with Gasteiger partial charge in [0, 0.05) is 23.8 Å². The summed E-state index contributed by atoms with van der Waals surface area (Å²) in [6, 6.07) is 17.1. The molecule has 0 bridgehead atoms. The van der Waals surface area contributed by atoms with Gasteiger partial charge in [-0.25, -0.2) is 0 Å². The van der Waals surface area contributed by atoms with Gasteiger partial charge in [0.15, 0.2) is 0 Å². The number of nitrogens with zero attached hydrogens (tertiary/aromatic N) is 1. The highest BCUT2D eigenvalue weighted by molar-refractivity contribution is 6.30. The molecule has 2 atom stereocenters. The first-order valence-electron chi connectivity index (χ1n) is 7.30. The SMILES string of the molecule is CC(N)Cc1ccc(N(C)C(C)c2ccc(Cl)cc2)cc1. The Morgan fingerprint density at radius 1 is 1.00 bits per heavy atom. The maximum atomic E-state index is 5.95. The Kier molecular flexibility index (Phi) is 5.27. The fraction of sp³-hybridized carbons (Fsp3) is 0.333. The molecule has 2 aromatic rings. The van der Waals surface area contributed by atoms with Crippen molar-refractivity contribution in [3.63, 3.8) is 0 Å². The second-order valence-electron chi connectivity index (χ2n) is 5.69. The minimum absolute atomic E-state index is 0.196. The first-order chi connectivity index (χ1) is 9.97. The molecule has 2 N–H and O–H groups in total. The number of anilines is 1. The third-order valence-electron chi connectivity index (χ3n) is 3.83. The summed E-state index contributed by atoms with van der Waals surface area (Å²) in [4.78, 5) is 2.26. The van der Waals surface area contributed by atoms with Crippen molar-refractivity contribution in [1.82, 2.24) is 0 Å². The van der Waals surface area contributed by atoms with Crippen LogP contribution in [0.3, 0.4) is 0 Å². The van der Waals surface area contributed by atoms with E-state index in [1.807, 2.05) is 19.1 Å². The summed E-state index contributed by atoms with van der Waals surface area (Å²) in [7, 11) is 2.11. The van der Waals surface area contributed by atoms with E-state index in [0.717, 1.165) is 11.4 Å². The molecular formula is C18H23ClN2. The van der Waals surface area contributed by atoms with Crippen LogP contribution >= 0.6 is 11.6 Å². The van der Waals surface area contributed by atoms with Crippen molar-refractivity contribution >= 4 is 17.3 Å². The third kappa shape index (κ3) is 4.23. The van der Waals surface area contributed by atoms with E-state index in [-0.39, 0.29) is 6.04 Å². The van der Waals surface area contributed by atoms with Crippen molar-refractivity contribution < 1.29 is 0 Å². The normalized spacial score (nSPS) is 13.8. The summed E-state index contributed by atoms with van der Waals surface area (Å²) in [6.07, 6.45) is 0.913. The Morgan fingerprint density at radius 2 is 1.57 bits per heavy atom. The van der Waals surface area contributed by atoms with Gasteiger partial charge in [-0.1, -0.05) is 35.9 Å². The van der Waals surface area contributed by atoms with Crippen LogP contribution in [0.15, 0.2) is 48.5 Å². The van der Waals surface area contributed by atoms with Crippen molar-refractivity contribution in [2.45, 2.75) is 32.4 Å². The minimum atomic E-state index is 0.196. The van der Waals surface area contributed by atoms with Crippen LogP contribution in [0.4, 0.5) is 5.69 Å². The van der Waals surface area contributed by atoms with Crippen molar-refractivity contribution in [3.8, 4) is 0 Å². The van der Waals surface area contributed by atoms with Gasteiger partial charge in [-0.15, -0.1) is 0 Å². The zero-order valence-electron chi connectivity index (χ0n) is 12.9. The summed E-state index contributed by atoms with van der Waals surface area (Å²) in [5, 5.41) is 0.772. The fourth-order valence-electron chi connectivity index (χ4n) is 2.43. The largest absolute Gasteiger partial charge is 0.368 e. The number of halogens is 1. The van der Waals surface area contributed by atoms with Gasteiger partial charge >= 0.3 is 0 Å². The van der Waals surface area contributed by atoms with E-state index in [0.29, 0.717) is 6.04 Å². The van der Waals surface area contributed by atoms with Crippen molar-refractivity contribution in [2.24, 2.45) is 5.73 Å². The molecule has 0 aliphatic heterocycles. The first kappa shape index (κ1) is 15.9. The monoisotopic (exact) mass is 302 g/mol. The molecule has 2 rings (SSSR count). The molecule has 0 amide bonds. The van der Waals surface area contributed by atoms with Crippen LogP contribution in [0, 0.1) is 0 Å². The number of benzene rings is 2. The lowest BCUT2D eigenvalue weighted by Gasteiger charge is -2.27. The molecule has 3 heteroatoms. The van der Waals surface area contributed by atoms with E-state index in [2.05, 4.69) is 55.3 Å². The Bertz CT molecular complexity index is 561. The maximum absolute atomic E-state index is 5.95. The van der Waals surface area contributed by atoms with Crippen LogP contribution in [0.2, 0.25) is 5.02 Å². The Labute approximate surface area is 132 Å². The van der Waals surface area contributed by atoms with Crippen molar-refractivity contribution in [2.75, 3.05) is 11.9 Å². The third-order valence-corrected chi connectivity index (χ3v) is 4.09. The number of nitrogens with two attached hydrogens (primary N) is 1. The molecule has 0 fully saturated rings. The summed E-state index contributed by atoms with van der Waals surface area (Å²) in [6.45, 7) is 4.22. The fourth-order valence-corrected chi connectivity index (χ4v) is 2.55. The van der Waals surface area contributed by atoms with E-state index in [1.165, 1.54) is 16.8 Å². The molecule has 2 unspecified atom stereocenters. The lowest BCUT2D eigenvalue weighted by atomic mass is 10.0. The Hall–Kier alpha value is -1.51. The average Bonchev–Trinajstić information content (AvgIpc) is 2.47. The molecule has 0 aromatic heterocycles. The number of rotatable bonds is 5. The molecule has 0 heterocycles. The van der Waals surface area contributed by atoms with Crippen LogP contribution in [-0.4, -0.2) is 13.1 Å². The van der Waals surface area contributed by atoms with Crippen LogP contribution in [-0.2, 0) is 6.42 Å². The second-order valence-corrected chi connectivity index (χ2v) is 6.12. The molecule has 112 valence electrons. The highest BCUT2D eigenvalue weighted by Gasteiger charge is 2.12. The predicted octanol–water partition coefficient (Wildman–Crippen LogP) is 4.43. The van der Waals surface area contributed by atoms with Gasteiger partial charge in [-0.3, -0.25) is 0 Å². The molecule has 0 aliphatic rings. The number of hydrogen-bond donors (Lipinski definition) is 1. The van der Waals surface area contributed by atoms with Gasteiger partial charge in [0.05, 0.1) is 6.04 Å². The van der Waals surface area contributed by atoms with Gasteiger partial charge < -0.3 is 10.6 Å². The van der Waals surface area contributed by atoms with Gasteiger partial charge in [-0.05, 0) is 55.7 Å². The highest BCUT2D eigenvalue weighted by Crippen LogP contribution is 2.26. The maximum Gasteiger partial charge on any atom is 0.0511 e. The first-order valence-corrected chi connectivity index (χ1v) is 7.68. The summed E-state index contributed by atoms with van der Waals surface area (Å²) in [5.41, 5.74) is 9.57. The summed E-state index contributed by atoms with van der Waals surface area (Å²) < 4.78 is 0. The second kappa shape index (κ2) is 6.97. The van der Waals surface area contributed by atoms with Crippen LogP contribution in [0.1, 0.15) is 31.0 Å². The molecule has 2 nitrogen and oxygen atoms in total. The summed E-state index contributed by atoms with van der Waals surface area (Å²) >= 11 is 5.95. The molecule has 2 aromatic carbocycles. The lowest BCUT2D eigenvalue weighted by Crippen LogP contribution is -2.21. The van der Waals surface area contributed by atoms with Crippen molar-refractivity contribution in [3.05, 3.63) is 64.7 Å². The Morgan fingerprint density at radius 3 is 2.10 bits per heavy atom. The molecule has 0 spiro atoms. The van der Waals surface area contributed by atoms with Gasteiger partial charge in [0.25, 0.3) is 0 Å². The predicted molar refractivity (Wildman–Crippen MR) is 92.1 cm³/mol. The topological polar surface area (TPSA) is 29.3 Å². The number of hydrogen-bond acceptors (Lipinski definition) is 2. The van der Waals surface area contributed by atoms with Crippen molar-refractivity contribution in [1.29, 1.82) is 0 Å². The van der Waals surface area contributed by atoms with Gasteiger partial charge in [0.1, 0.15) is 0 Å². The van der Waals surface area contributed by atoms with Gasteiger partial charge in [0.2, 0.25) is 0 Å². The minimum Gasteiger partial charge on any atom is -0.368 e. The molecule has 0 radical (unpaired) electrons. The zero-order valence-corrected chi connectivity index (χ0v) is 13.6. The lowest BCUT2D eigenvalue weighted by molar-refractivity contribution is 0.732. The molecule has 21 heavy (non-hydrogen) atoms. The molecule has 0 saturated heterocycles. The van der Waals surface area contributed by atoms with Crippen LogP contribution in [0.25, 0.3) is 0 Å². The summed E-state index contributed by atoms with van der Waals surface area (Å²) in [5.74, 6) is 0. The Balaban J connectivity index is 2.11. The molecule has 0 saturated carbocycles. The average molecular weight is 303 g/mol. The van der Waals surface area contributed by atoms with E-state index in [1.54, 1.807) is 0 Å². The van der Waals surface area contributed by atoms with Gasteiger partial charge in [-0.2, -0.15) is 0 Å². The molecule has 0 aliphatic carbocycles. The van der Waals surface area contributed by atoms with E-state index < -0.39 is 0 Å². The van der Waals surface area contributed by atoms with Crippen LogP contribution in [0.5, 0.6) is 0 Å². The van der Waals surface area contributed by atoms with E-state index >= 15 is 0 Å². The van der Waals surface area contributed by atoms with Crippen LogP contribution < -0.4 is 10.6 Å². The molecular weight excluding hydrogens is 280 g/mol. The standard InChI is InChI=1S/C18H23ClN2/c1-13(20)12-15-4-10-18(11-5-15)21(3)14(2)16-6-8-17(19)9-7-16/h4-11,13-14H,12,20H2,1-3H3. The smallest absolute Gasteiger partial charge is 0.0511 e. The van der Waals surface area contributed by atoms with E-state index in [4.69, 9.17) is 17.3 Å². The zero-order chi connectivity index (χ0) is 15.4. The van der Waals surface area contributed by atoms with E-state index in [9.17, 15) is 0 Å².